The predicted octanol–water partition coefficient (Wildman–Crippen LogP) is 1.85. The molecule has 1 aromatic heterocycles. The Hall–Kier alpha value is -2.96. The van der Waals surface area contributed by atoms with Crippen molar-refractivity contribution in [1.29, 1.82) is 0 Å². The van der Waals surface area contributed by atoms with Crippen molar-refractivity contribution < 1.29 is 14.3 Å². The molecule has 23 heavy (non-hydrogen) atoms. The number of imidazole rings is 1. The van der Waals surface area contributed by atoms with Crippen LogP contribution in [0.25, 0.3) is 0 Å². The summed E-state index contributed by atoms with van der Waals surface area (Å²) in [5, 5.41) is 5.72. The summed E-state index contributed by atoms with van der Waals surface area (Å²) in [5.41, 5.74) is 1.84. The fourth-order valence-corrected chi connectivity index (χ4v) is 2.32. The highest BCUT2D eigenvalue weighted by atomic mass is 16.5. The monoisotopic (exact) mass is 312 g/mol. The number of carbonyl (C=O) groups excluding carboxylic acids is 2. The van der Waals surface area contributed by atoms with E-state index in [-0.39, 0.29) is 18.3 Å². The maximum atomic E-state index is 12.1. The summed E-state index contributed by atoms with van der Waals surface area (Å²) in [6.07, 6.45) is 5.47. The van der Waals surface area contributed by atoms with Crippen LogP contribution in [0.3, 0.4) is 0 Å². The summed E-state index contributed by atoms with van der Waals surface area (Å²) >= 11 is 0. The number of hydrogen-bond acceptors (Lipinski definition) is 5. The number of benzene rings is 1. The lowest BCUT2D eigenvalue weighted by molar-refractivity contribution is -0.116. The molecule has 0 aliphatic carbocycles. The molecule has 0 saturated heterocycles. The second-order valence-electron chi connectivity index (χ2n) is 5.05. The van der Waals surface area contributed by atoms with Crippen molar-refractivity contribution in [2.45, 2.75) is 19.9 Å². The van der Waals surface area contributed by atoms with Crippen LogP contribution in [-0.2, 0) is 16.1 Å². The first-order valence-electron chi connectivity index (χ1n) is 7.29. The molecule has 1 amide bonds. The molecule has 0 radical (unpaired) electrons. The van der Waals surface area contributed by atoms with Gasteiger partial charge in [0.05, 0.1) is 42.9 Å². The lowest BCUT2D eigenvalue weighted by Crippen LogP contribution is -2.19. The maximum absolute atomic E-state index is 12.1. The van der Waals surface area contributed by atoms with E-state index < -0.39 is 0 Å². The van der Waals surface area contributed by atoms with Gasteiger partial charge in [0.25, 0.3) is 5.91 Å². The summed E-state index contributed by atoms with van der Waals surface area (Å²) in [6, 6.07) is 6.63. The molecule has 0 saturated carbocycles. The molecule has 2 heterocycles. The number of nitrogens with zero attached hydrogens (tertiary/aromatic N) is 4. The molecule has 7 heteroatoms. The Kier molecular flexibility index (Phi) is 4.18. The molecule has 3 rings (SSSR count). The largest absolute Gasteiger partial charge is 0.462 e. The van der Waals surface area contributed by atoms with E-state index in [2.05, 4.69) is 10.1 Å². The SMILES string of the molecule is CCOC(=O)c1ccc(N2N=C(Cn3ccnc3)CC2=O)cc1. The number of amides is 1. The number of rotatable bonds is 5. The van der Waals surface area contributed by atoms with Gasteiger partial charge in [-0.3, -0.25) is 4.79 Å². The Morgan fingerprint density at radius 2 is 2.09 bits per heavy atom. The van der Waals surface area contributed by atoms with Crippen LogP contribution in [0.2, 0.25) is 0 Å². The smallest absolute Gasteiger partial charge is 0.338 e. The average molecular weight is 312 g/mol. The fourth-order valence-electron chi connectivity index (χ4n) is 2.32. The van der Waals surface area contributed by atoms with Gasteiger partial charge in [0.1, 0.15) is 0 Å². The van der Waals surface area contributed by atoms with Crippen LogP contribution in [0.1, 0.15) is 23.7 Å². The van der Waals surface area contributed by atoms with Crippen molar-refractivity contribution in [2.75, 3.05) is 11.6 Å². The van der Waals surface area contributed by atoms with Gasteiger partial charge in [-0.2, -0.15) is 5.10 Å². The molecule has 118 valence electrons. The zero-order valence-electron chi connectivity index (χ0n) is 12.7. The minimum atomic E-state index is -0.379. The van der Waals surface area contributed by atoms with Crippen molar-refractivity contribution in [1.82, 2.24) is 9.55 Å². The molecule has 1 aromatic carbocycles. The summed E-state index contributed by atoms with van der Waals surface area (Å²) < 4.78 is 6.80. The van der Waals surface area contributed by atoms with Crippen LogP contribution in [0, 0.1) is 0 Å². The number of esters is 1. The Bertz CT molecular complexity index is 735. The van der Waals surface area contributed by atoms with Gasteiger partial charge in [-0.15, -0.1) is 0 Å². The third-order valence-electron chi connectivity index (χ3n) is 3.38. The standard InChI is InChI=1S/C16H16N4O3/c1-2-23-16(22)12-3-5-14(6-4-12)20-15(21)9-13(18-20)10-19-8-7-17-11-19/h3-8,11H,2,9-10H2,1H3. The van der Waals surface area contributed by atoms with Crippen molar-refractivity contribution in [2.24, 2.45) is 5.10 Å². The van der Waals surface area contributed by atoms with Gasteiger partial charge >= 0.3 is 5.97 Å². The van der Waals surface area contributed by atoms with Gasteiger partial charge in [0.2, 0.25) is 0 Å². The van der Waals surface area contributed by atoms with E-state index in [4.69, 9.17) is 4.74 Å². The molecule has 0 spiro atoms. The Morgan fingerprint density at radius 1 is 1.30 bits per heavy atom. The first kappa shape index (κ1) is 15.0. The summed E-state index contributed by atoms with van der Waals surface area (Å²) in [7, 11) is 0. The Morgan fingerprint density at radius 3 is 2.74 bits per heavy atom. The lowest BCUT2D eigenvalue weighted by atomic mass is 10.2. The van der Waals surface area contributed by atoms with Crippen molar-refractivity contribution in [3.05, 3.63) is 48.5 Å². The van der Waals surface area contributed by atoms with Gasteiger partial charge in [0, 0.05) is 12.4 Å². The molecule has 2 aromatic rings. The second kappa shape index (κ2) is 6.43. The zero-order valence-corrected chi connectivity index (χ0v) is 12.7. The van der Waals surface area contributed by atoms with Gasteiger partial charge in [-0.25, -0.2) is 14.8 Å². The summed E-state index contributed by atoms with van der Waals surface area (Å²) in [4.78, 5) is 27.7. The van der Waals surface area contributed by atoms with Crippen molar-refractivity contribution in [3.63, 3.8) is 0 Å². The normalized spacial score (nSPS) is 14.0. The molecule has 0 unspecified atom stereocenters. The van der Waals surface area contributed by atoms with Gasteiger partial charge in [-0.1, -0.05) is 0 Å². The lowest BCUT2D eigenvalue weighted by Gasteiger charge is -2.12. The van der Waals surface area contributed by atoms with Crippen LogP contribution in [-0.4, -0.2) is 33.7 Å². The van der Waals surface area contributed by atoms with Crippen molar-refractivity contribution >= 4 is 23.3 Å². The molecule has 0 bridgehead atoms. The van der Waals surface area contributed by atoms with Crippen LogP contribution in [0.4, 0.5) is 5.69 Å². The van der Waals surface area contributed by atoms with E-state index in [1.807, 2.05) is 10.8 Å². The minimum absolute atomic E-state index is 0.0935. The number of carbonyl (C=O) groups is 2. The predicted molar refractivity (Wildman–Crippen MR) is 84.2 cm³/mol. The molecule has 0 fully saturated rings. The molecular weight excluding hydrogens is 296 g/mol. The van der Waals surface area contributed by atoms with E-state index in [1.54, 1.807) is 43.7 Å². The zero-order chi connectivity index (χ0) is 16.2. The van der Waals surface area contributed by atoms with Crippen molar-refractivity contribution in [3.8, 4) is 0 Å². The molecule has 0 N–H and O–H groups in total. The number of hydrazone groups is 1. The molecule has 7 nitrogen and oxygen atoms in total. The molecule has 0 atom stereocenters. The van der Waals surface area contributed by atoms with Gasteiger partial charge in [0.15, 0.2) is 0 Å². The van der Waals surface area contributed by atoms with Gasteiger partial charge < -0.3 is 9.30 Å². The quantitative estimate of drug-likeness (QED) is 0.790. The molecule has 1 aliphatic heterocycles. The number of aromatic nitrogens is 2. The highest BCUT2D eigenvalue weighted by Crippen LogP contribution is 2.21. The summed E-state index contributed by atoms with van der Waals surface area (Å²) in [5.74, 6) is -0.472. The topological polar surface area (TPSA) is 76.8 Å². The third kappa shape index (κ3) is 3.28. The second-order valence-corrected chi connectivity index (χ2v) is 5.05. The maximum Gasteiger partial charge on any atom is 0.338 e. The molecular formula is C16H16N4O3. The fraction of sp³-hybridized carbons (Fsp3) is 0.250. The molecule has 1 aliphatic rings. The van der Waals surface area contributed by atoms with E-state index in [0.717, 1.165) is 5.71 Å². The van der Waals surface area contributed by atoms with E-state index in [1.165, 1.54) is 5.01 Å². The number of hydrogen-bond donors (Lipinski definition) is 0. The van der Waals surface area contributed by atoms with Crippen LogP contribution in [0.5, 0.6) is 0 Å². The van der Waals surface area contributed by atoms with Crippen LogP contribution >= 0.6 is 0 Å². The first-order valence-corrected chi connectivity index (χ1v) is 7.29. The number of ether oxygens (including phenoxy) is 1. The highest BCUT2D eigenvalue weighted by molar-refractivity contribution is 6.13. The van der Waals surface area contributed by atoms with E-state index in [9.17, 15) is 9.59 Å². The average Bonchev–Trinajstić information content (AvgIpc) is 3.18. The van der Waals surface area contributed by atoms with Crippen LogP contribution in [0.15, 0.2) is 48.1 Å². The Balaban J connectivity index is 1.74. The number of anilines is 1. The first-order chi connectivity index (χ1) is 11.2. The highest BCUT2D eigenvalue weighted by Gasteiger charge is 2.25. The minimum Gasteiger partial charge on any atom is -0.462 e. The summed E-state index contributed by atoms with van der Waals surface area (Å²) in [6.45, 7) is 2.61. The Labute approximate surface area is 133 Å². The van der Waals surface area contributed by atoms with Crippen LogP contribution < -0.4 is 5.01 Å². The van der Waals surface area contributed by atoms with E-state index in [0.29, 0.717) is 24.4 Å². The third-order valence-corrected chi connectivity index (χ3v) is 3.38. The van der Waals surface area contributed by atoms with E-state index >= 15 is 0 Å². The van der Waals surface area contributed by atoms with Gasteiger partial charge in [-0.05, 0) is 31.2 Å².